The lowest BCUT2D eigenvalue weighted by atomic mass is 10.0. The third-order valence-electron chi connectivity index (χ3n) is 5.41. The first-order chi connectivity index (χ1) is 15.2. The molecule has 1 unspecified atom stereocenters. The van der Waals surface area contributed by atoms with E-state index in [9.17, 15) is 19.5 Å². The second-order valence-corrected chi connectivity index (χ2v) is 8.67. The Kier molecular flexibility index (Phi) is 13.6. The molecule has 3 amide bonds. The SMILES string of the molecule is C#CC[C@H](NC(=O)CCC(=O)N(C)CCN1CCOCC1)C(=O)NCC(O)CCC(C)C. The third-order valence-corrected chi connectivity index (χ3v) is 5.41. The van der Waals surface area contributed by atoms with E-state index in [1.54, 1.807) is 11.9 Å². The van der Waals surface area contributed by atoms with E-state index >= 15 is 0 Å². The average molecular weight is 453 g/mol. The summed E-state index contributed by atoms with van der Waals surface area (Å²) in [6.45, 7) is 8.73. The average Bonchev–Trinajstić information content (AvgIpc) is 2.78. The van der Waals surface area contributed by atoms with Gasteiger partial charge in [-0.1, -0.05) is 13.8 Å². The second kappa shape index (κ2) is 15.6. The quantitative estimate of drug-likeness (QED) is 0.320. The van der Waals surface area contributed by atoms with Gasteiger partial charge in [0, 0.05) is 59.0 Å². The lowest BCUT2D eigenvalue weighted by molar-refractivity contribution is -0.133. The first-order valence-corrected chi connectivity index (χ1v) is 11.5. The minimum absolute atomic E-state index is 0.0217. The Hall–Kier alpha value is -2.15. The van der Waals surface area contributed by atoms with Crippen molar-refractivity contribution in [3.05, 3.63) is 0 Å². The van der Waals surface area contributed by atoms with Crippen molar-refractivity contribution < 1.29 is 24.2 Å². The summed E-state index contributed by atoms with van der Waals surface area (Å²) in [7, 11) is 1.72. The number of aliphatic hydroxyl groups excluding tert-OH is 1. The summed E-state index contributed by atoms with van der Waals surface area (Å²) in [6, 6.07) is -0.890. The van der Waals surface area contributed by atoms with E-state index < -0.39 is 24.0 Å². The van der Waals surface area contributed by atoms with Gasteiger partial charge in [-0.05, 0) is 18.8 Å². The number of morpholine rings is 1. The summed E-state index contributed by atoms with van der Waals surface area (Å²) in [6.07, 6.45) is 6.21. The molecule has 0 aliphatic carbocycles. The maximum absolute atomic E-state index is 12.4. The molecule has 0 bridgehead atoms. The standard InChI is InChI=1S/C23H40N4O5/c1-5-6-20(23(31)24-17-19(28)8-7-18(2)3)25-21(29)9-10-22(30)26(4)11-12-27-13-15-32-16-14-27/h1,18-20,28H,6-17H2,2-4H3,(H,24,31)(H,25,29)/t19?,20-/m0/s1. The monoisotopic (exact) mass is 452 g/mol. The van der Waals surface area contributed by atoms with Crippen LogP contribution in [0.2, 0.25) is 0 Å². The Labute approximate surface area is 192 Å². The number of hydrogen-bond donors (Lipinski definition) is 3. The molecular formula is C23H40N4O5. The van der Waals surface area contributed by atoms with Crippen molar-refractivity contribution in [2.45, 2.75) is 58.1 Å². The van der Waals surface area contributed by atoms with Crippen LogP contribution in [0.3, 0.4) is 0 Å². The van der Waals surface area contributed by atoms with Gasteiger partial charge >= 0.3 is 0 Å². The molecule has 3 N–H and O–H groups in total. The van der Waals surface area contributed by atoms with Crippen LogP contribution in [0.4, 0.5) is 0 Å². The van der Waals surface area contributed by atoms with Crippen LogP contribution in [-0.4, -0.2) is 97.8 Å². The second-order valence-electron chi connectivity index (χ2n) is 8.67. The summed E-state index contributed by atoms with van der Waals surface area (Å²) in [5.41, 5.74) is 0. The first kappa shape index (κ1) is 27.9. The summed E-state index contributed by atoms with van der Waals surface area (Å²) in [5.74, 6) is 1.89. The van der Waals surface area contributed by atoms with Crippen LogP contribution in [0.25, 0.3) is 0 Å². The molecule has 0 aromatic heterocycles. The van der Waals surface area contributed by atoms with Gasteiger partial charge in [0.25, 0.3) is 0 Å². The highest BCUT2D eigenvalue weighted by atomic mass is 16.5. The molecule has 1 aliphatic rings. The molecule has 9 nitrogen and oxygen atoms in total. The first-order valence-electron chi connectivity index (χ1n) is 11.5. The number of rotatable bonds is 14. The van der Waals surface area contributed by atoms with Crippen molar-refractivity contribution in [2.24, 2.45) is 5.92 Å². The molecule has 0 aromatic rings. The zero-order chi connectivity index (χ0) is 23.9. The minimum Gasteiger partial charge on any atom is -0.391 e. The molecule has 9 heteroatoms. The largest absolute Gasteiger partial charge is 0.391 e. The Morgan fingerprint density at radius 3 is 2.50 bits per heavy atom. The fourth-order valence-electron chi connectivity index (χ4n) is 3.22. The summed E-state index contributed by atoms with van der Waals surface area (Å²) < 4.78 is 5.31. The number of nitrogens with one attached hydrogen (secondary N) is 2. The highest BCUT2D eigenvalue weighted by molar-refractivity contribution is 5.89. The number of carbonyl (C=O) groups excluding carboxylic acids is 3. The van der Waals surface area contributed by atoms with Crippen molar-refractivity contribution in [3.8, 4) is 12.3 Å². The number of likely N-dealkylation sites (N-methyl/N-ethyl adjacent to an activating group) is 1. The van der Waals surface area contributed by atoms with Gasteiger partial charge in [-0.15, -0.1) is 12.3 Å². The van der Waals surface area contributed by atoms with Gasteiger partial charge in [0.15, 0.2) is 0 Å². The maximum atomic E-state index is 12.4. The number of amides is 3. The fourth-order valence-corrected chi connectivity index (χ4v) is 3.22. The van der Waals surface area contributed by atoms with Crippen molar-refractivity contribution in [1.82, 2.24) is 20.4 Å². The molecule has 2 atom stereocenters. The van der Waals surface area contributed by atoms with Gasteiger partial charge < -0.3 is 25.4 Å². The lowest BCUT2D eigenvalue weighted by Gasteiger charge is -2.28. The Morgan fingerprint density at radius 2 is 1.88 bits per heavy atom. The third kappa shape index (κ3) is 12.0. The molecule has 182 valence electrons. The lowest BCUT2D eigenvalue weighted by Crippen LogP contribution is -2.48. The molecule has 1 saturated heterocycles. The molecule has 1 heterocycles. The number of hydrogen-bond acceptors (Lipinski definition) is 6. The van der Waals surface area contributed by atoms with E-state index in [1.807, 2.05) is 0 Å². The Balaban J connectivity index is 2.35. The van der Waals surface area contributed by atoms with Crippen molar-refractivity contribution in [1.29, 1.82) is 0 Å². The molecule has 0 spiro atoms. The highest BCUT2D eigenvalue weighted by Crippen LogP contribution is 2.06. The molecule has 1 rings (SSSR count). The maximum Gasteiger partial charge on any atom is 0.243 e. The van der Waals surface area contributed by atoms with Crippen LogP contribution < -0.4 is 10.6 Å². The van der Waals surface area contributed by atoms with E-state index in [-0.39, 0.29) is 31.7 Å². The fraction of sp³-hybridized carbons (Fsp3) is 0.783. The van der Waals surface area contributed by atoms with Crippen molar-refractivity contribution in [3.63, 3.8) is 0 Å². The van der Waals surface area contributed by atoms with E-state index in [0.717, 1.165) is 26.1 Å². The number of carbonyl (C=O) groups is 3. The van der Waals surface area contributed by atoms with Crippen molar-refractivity contribution in [2.75, 3.05) is 53.0 Å². The zero-order valence-electron chi connectivity index (χ0n) is 19.8. The van der Waals surface area contributed by atoms with Crippen LogP contribution in [0.5, 0.6) is 0 Å². The van der Waals surface area contributed by atoms with Gasteiger partial charge in [-0.2, -0.15) is 0 Å². The van der Waals surface area contributed by atoms with Crippen molar-refractivity contribution >= 4 is 17.7 Å². The minimum atomic E-state index is -0.890. The van der Waals surface area contributed by atoms with E-state index in [0.29, 0.717) is 32.1 Å². The molecular weight excluding hydrogens is 412 g/mol. The molecule has 1 aliphatic heterocycles. The smallest absolute Gasteiger partial charge is 0.243 e. The number of ether oxygens (including phenoxy) is 1. The van der Waals surface area contributed by atoms with E-state index in [4.69, 9.17) is 11.2 Å². The summed E-state index contributed by atoms with van der Waals surface area (Å²) in [5, 5.41) is 15.2. The van der Waals surface area contributed by atoms with Crippen LogP contribution in [0, 0.1) is 18.3 Å². The van der Waals surface area contributed by atoms with E-state index in [2.05, 4.69) is 35.3 Å². The van der Waals surface area contributed by atoms with Crippen LogP contribution in [0.1, 0.15) is 46.0 Å². The predicted molar refractivity (Wildman–Crippen MR) is 123 cm³/mol. The van der Waals surface area contributed by atoms with Gasteiger partial charge in [-0.25, -0.2) is 0 Å². The molecule has 1 fully saturated rings. The number of nitrogens with zero attached hydrogens (tertiary/aromatic N) is 2. The normalized spacial score (nSPS) is 16.1. The molecule has 0 saturated carbocycles. The zero-order valence-corrected chi connectivity index (χ0v) is 19.8. The molecule has 32 heavy (non-hydrogen) atoms. The van der Waals surface area contributed by atoms with E-state index in [1.165, 1.54) is 0 Å². The van der Waals surface area contributed by atoms with Gasteiger partial charge in [0.1, 0.15) is 6.04 Å². The summed E-state index contributed by atoms with van der Waals surface area (Å²) >= 11 is 0. The van der Waals surface area contributed by atoms with Gasteiger partial charge in [0.2, 0.25) is 17.7 Å². The molecule has 0 radical (unpaired) electrons. The van der Waals surface area contributed by atoms with Crippen LogP contribution in [-0.2, 0) is 19.1 Å². The number of terminal acetylenes is 1. The number of aliphatic hydroxyl groups is 1. The van der Waals surface area contributed by atoms with Gasteiger partial charge in [0.05, 0.1) is 19.3 Å². The Bertz CT molecular complexity index is 628. The predicted octanol–water partition coefficient (Wildman–Crippen LogP) is -0.0214. The Morgan fingerprint density at radius 1 is 1.19 bits per heavy atom. The van der Waals surface area contributed by atoms with Crippen LogP contribution >= 0.6 is 0 Å². The topological polar surface area (TPSA) is 111 Å². The molecule has 0 aromatic carbocycles. The van der Waals surface area contributed by atoms with Crippen LogP contribution in [0.15, 0.2) is 0 Å². The summed E-state index contributed by atoms with van der Waals surface area (Å²) in [4.78, 5) is 40.8. The highest BCUT2D eigenvalue weighted by Gasteiger charge is 2.21. The van der Waals surface area contributed by atoms with Gasteiger partial charge in [-0.3, -0.25) is 19.3 Å².